The van der Waals surface area contributed by atoms with Crippen molar-refractivity contribution in [3.05, 3.63) is 61.0 Å². The highest BCUT2D eigenvalue weighted by Crippen LogP contribution is 2.27. The second-order valence-corrected chi connectivity index (χ2v) is 6.26. The number of rotatable bonds is 2. The number of aromatic amines is 1. The monoisotopic (exact) mass is 396 g/mol. The molecule has 4 nitrogen and oxygen atoms in total. The number of H-pyrrole nitrogens is 1. The third-order valence-electron chi connectivity index (χ3n) is 3.24. The number of fused-ring (bicyclic) bond motifs is 1. The number of aromatic nitrogens is 2. The van der Waals surface area contributed by atoms with Gasteiger partial charge < -0.3 is 9.72 Å². The van der Waals surface area contributed by atoms with Gasteiger partial charge in [0, 0.05) is 4.47 Å². The molecule has 3 rings (SSSR count). The van der Waals surface area contributed by atoms with E-state index in [0.717, 1.165) is 4.47 Å². The SMILES string of the molecule is COc1cc(Br)cc2[nH]c(=S)n(-c3ccccc3Cl)c(=O)c12. The Labute approximate surface area is 144 Å². The van der Waals surface area contributed by atoms with Gasteiger partial charge in [0.15, 0.2) is 4.77 Å². The second-order valence-electron chi connectivity index (χ2n) is 4.55. The van der Waals surface area contributed by atoms with Crippen LogP contribution in [0.25, 0.3) is 16.6 Å². The average Bonchev–Trinajstić information content (AvgIpc) is 2.47. The van der Waals surface area contributed by atoms with Crippen LogP contribution in [-0.2, 0) is 0 Å². The topological polar surface area (TPSA) is 47.0 Å². The van der Waals surface area contributed by atoms with E-state index in [2.05, 4.69) is 20.9 Å². The Morgan fingerprint density at radius 2 is 2.05 bits per heavy atom. The summed E-state index contributed by atoms with van der Waals surface area (Å²) in [5.41, 5.74) is 0.850. The van der Waals surface area contributed by atoms with Crippen LogP contribution in [-0.4, -0.2) is 16.7 Å². The maximum absolute atomic E-state index is 12.9. The quantitative estimate of drug-likeness (QED) is 0.649. The van der Waals surface area contributed by atoms with Crippen LogP contribution in [0.2, 0.25) is 5.02 Å². The van der Waals surface area contributed by atoms with Crippen molar-refractivity contribution < 1.29 is 4.74 Å². The van der Waals surface area contributed by atoms with Crippen molar-refractivity contribution in [2.75, 3.05) is 7.11 Å². The van der Waals surface area contributed by atoms with E-state index in [9.17, 15) is 4.79 Å². The van der Waals surface area contributed by atoms with E-state index in [4.69, 9.17) is 28.6 Å². The summed E-state index contributed by atoms with van der Waals surface area (Å²) in [6.07, 6.45) is 0. The predicted molar refractivity (Wildman–Crippen MR) is 94.0 cm³/mol. The molecule has 0 bridgehead atoms. The first-order valence-corrected chi connectivity index (χ1v) is 7.88. The van der Waals surface area contributed by atoms with Crippen LogP contribution in [0, 0.1) is 4.77 Å². The lowest BCUT2D eigenvalue weighted by atomic mass is 10.2. The molecule has 112 valence electrons. The summed E-state index contributed by atoms with van der Waals surface area (Å²) >= 11 is 14.9. The third-order valence-corrected chi connectivity index (χ3v) is 4.30. The molecule has 0 atom stereocenters. The van der Waals surface area contributed by atoms with Crippen molar-refractivity contribution >= 4 is 50.7 Å². The van der Waals surface area contributed by atoms with Crippen LogP contribution in [0.5, 0.6) is 5.75 Å². The average molecular weight is 398 g/mol. The molecule has 0 saturated heterocycles. The Balaban J connectivity index is 2.49. The van der Waals surface area contributed by atoms with Gasteiger partial charge in [-0.2, -0.15) is 0 Å². The van der Waals surface area contributed by atoms with Gasteiger partial charge in [0.1, 0.15) is 11.1 Å². The lowest BCUT2D eigenvalue weighted by Crippen LogP contribution is -2.21. The number of hydrogen-bond acceptors (Lipinski definition) is 3. The normalized spacial score (nSPS) is 10.9. The van der Waals surface area contributed by atoms with Gasteiger partial charge in [-0.3, -0.25) is 9.36 Å². The molecular weight excluding hydrogens is 388 g/mol. The molecule has 0 saturated carbocycles. The molecule has 0 aliphatic carbocycles. The number of para-hydroxylation sites is 1. The molecule has 2 aromatic carbocycles. The minimum absolute atomic E-state index is 0.269. The van der Waals surface area contributed by atoms with Gasteiger partial charge in [-0.15, -0.1) is 0 Å². The summed E-state index contributed by atoms with van der Waals surface area (Å²) in [6.45, 7) is 0. The minimum atomic E-state index is -0.281. The highest BCUT2D eigenvalue weighted by Gasteiger charge is 2.14. The van der Waals surface area contributed by atoms with Crippen LogP contribution in [0.15, 0.2) is 45.7 Å². The molecule has 0 fully saturated rings. The van der Waals surface area contributed by atoms with Crippen LogP contribution in [0.3, 0.4) is 0 Å². The zero-order valence-corrected chi connectivity index (χ0v) is 14.6. The molecular formula is C15H10BrClN2O2S. The van der Waals surface area contributed by atoms with Crippen LogP contribution < -0.4 is 10.3 Å². The van der Waals surface area contributed by atoms with E-state index < -0.39 is 0 Å². The molecule has 0 aliphatic rings. The van der Waals surface area contributed by atoms with E-state index in [1.165, 1.54) is 11.7 Å². The molecule has 0 amide bonds. The minimum Gasteiger partial charge on any atom is -0.496 e. The van der Waals surface area contributed by atoms with Crippen LogP contribution in [0.4, 0.5) is 0 Å². The fraction of sp³-hybridized carbons (Fsp3) is 0.0667. The molecule has 0 spiro atoms. The van der Waals surface area contributed by atoms with Gasteiger partial charge in [-0.1, -0.05) is 39.7 Å². The highest BCUT2D eigenvalue weighted by atomic mass is 79.9. The van der Waals surface area contributed by atoms with Crippen molar-refractivity contribution in [1.82, 2.24) is 9.55 Å². The molecule has 7 heteroatoms. The maximum atomic E-state index is 12.9. The maximum Gasteiger partial charge on any atom is 0.270 e. The zero-order chi connectivity index (χ0) is 15.9. The van der Waals surface area contributed by atoms with Crippen LogP contribution in [0.1, 0.15) is 0 Å². The summed E-state index contributed by atoms with van der Waals surface area (Å²) in [4.78, 5) is 16.0. The Morgan fingerprint density at radius 3 is 2.73 bits per heavy atom. The summed E-state index contributed by atoms with van der Waals surface area (Å²) in [6, 6.07) is 10.6. The fourth-order valence-corrected chi connectivity index (χ4v) is 3.24. The summed E-state index contributed by atoms with van der Waals surface area (Å²) in [5, 5.41) is 0.860. The smallest absolute Gasteiger partial charge is 0.270 e. The predicted octanol–water partition coefficient (Wildman–Crippen LogP) is 4.47. The standard InChI is InChI=1S/C15H10BrClN2O2S/c1-21-12-7-8(16)6-10-13(12)14(20)19(15(22)18-10)11-5-3-2-4-9(11)17/h2-7H,1H3,(H,18,22). The Morgan fingerprint density at radius 1 is 1.32 bits per heavy atom. The van der Waals surface area contributed by atoms with Crippen molar-refractivity contribution in [3.8, 4) is 11.4 Å². The van der Waals surface area contributed by atoms with Crippen LogP contribution >= 0.6 is 39.7 Å². The van der Waals surface area contributed by atoms with E-state index in [-0.39, 0.29) is 10.3 Å². The number of nitrogens with zero attached hydrogens (tertiary/aromatic N) is 1. The summed E-state index contributed by atoms with van der Waals surface area (Å²) < 4.78 is 7.75. The molecule has 0 radical (unpaired) electrons. The number of halogens is 2. The Hall–Kier alpha value is -1.63. The zero-order valence-electron chi connectivity index (χ0n) is 11.4. The van der Waals surface area contributed by atoms with E-state index in [1.807, 2.05) is 0 Å². The molecule has 1 aromatic heterocycles. The number of methoxy groups -OCH3 is 1. The first-order valence-electron chi connectivity index (χ1n) is 6.30. The van der Waals surface area contributed by atoms with E-state index in [0.29, 0.717) is 27.4 Å². The second kappa shape index (κ2) is 5.87. The third kappa shape index (κ3) is 2.47. The van der Waals surface area contributed by atoms with Gasteiger partial charge in [-0.25, -0.2) is 0 Å². The Kier molecular flexibility index (Phi) is 4.08. The largest absolute Gasteiger partial charge is 0.496 e. The molecule has 0 aliphatic heterocycles. The van der Waals surface area contributed by atoms with Gasteiger partial charge in [0.2, 0.25) is 0 Å². The van der Waals surface area contributed by atoms with Crippen molar-refractivity contribution in [1.29, 1.82) is 0 Å². The van der Waals surface area contributed by atoms with Gasteiger partial charge in [-0.05, 0) is 36.5 Å². The number of hydrogen-bond donors (Lipinski definition) is 1. The Bertz CT molecular complexity index is 997. The van der Waals surface area contributed by atoms with E-state index >= 15 is 0 Å². The number of ether oxygens (including phenoxy) is 1. The van der Waals surface area contributed by atoms with Crippen molar-refractivity contribution in [2.45, 2.75) is 0 Å². The molecule has 3 aromatic rings. The summed E-state index contributed by atoms with van der Waals surface area (Å²) in [5.74, 6) is 0.460. The molecule has 1 N–H and O–H groups in total. The number of benzene rings is 2. The first kappa shape index (κ1) is 15.3. The molecule has 22 heavy (non-hydrogen) atoms. The lowest BCUT2D eigenvalue weighted by Gasteiger charge is -2.12. The van der Waals surface area contributed by atoms with Gasteiger partial charge in [0.25, 0.3) is 5.56 Å². The highest BCUT2D eigenvalue weighted by molar-refractivity contribution is 9.10. The fourth-order valence-electron chi connectivity index (χ4n) is 2.29. The van der Waals surface area contributed by atoms with Gasteiger partial charge in [0.05, 0.1) is 23.3 Å². The van der Waals surface area contributed by atoms with Gasteiger partial charge >= 0.3 is 0 Å². The number of nitrogens with one attached hydrogen (secondary N) is 1. The lowest BCUT2D eigenvalue weighted by molar-refractivity contribution is 0.419. The van der Waals surface area contributed by atoms with Crippen molar-refractivity contribution in [2.24, 2.45) is 0 Å². The van der Waals surface area contributed by atoms with Crippen molar-refractivity contribution in [3.63, 3.8) is 0 Å². The summed E-state index contributed by atoms with van der Waals surface area (Å²) in [7, 11) is 1.52. The molecule has 0 unspecified atom stereocenters. The first-order chi connectivity index (χ1) is 10.5. The van der Waals surface area contributed by atoms with E-state index in [1.54, 1.807) is 36.4 Å². The molecule has 1 heterocycles.